The first-order valence-corrected chi connectivity index (χ1v) is 6.61. The number of aliphatic hydroxyl groups excluding tert-OH is 1. The second-order valence-electron chi connectivity index (χ2n) is 4.81. The van der Waals surface area contributed by atoms with Crippen LogP contribution in [-0.4, -0.2) is 24.3 Å². The molecule has 0 heterocycles. The van der Waals surface area contributed by atoms with Crippen LogP contribution in [0, 0.1) is 11.8 Å². The van der Waals surface area contributed by atoms with E-state index in [4.69, 9.17) is 4.74 Å². The molecule has 3 nitrogen and oxygen atoms in total. The fourth-order valence-corrected chi connectivity index (χ4v) is 2.46. The zero-order valence-electron chi connectivity index (χ0n) is 10.9. The van der Waals surface area contributed by atoms with Crippen molar-refractivity contribution in [1.82, 2.24) is 0 Å². The van der Waals surface area contributed by atoms with E-state index in [0.717, 1.165) is 38.5 Å². The summed E-state index contributed by atoms with van der Waals surface area (Å²) in [5, 5.41) is 10.3. The van der Waals surface area contributed by atoms with Gasteiger partial charge in [-0.05, 0) is 31.6 Å². The Morgan fingerprint density at radius 1 is 1.53 bits per heavy atom. The van der Waals surface area contributed by atoms with E-state index in [-0.39, 0.29) is 17.8 Å². The third kappa shape index (κ3) is 4.15. The molecule has 0 amide bonds. The van der Waals surface area contributed by atoms with Crippen LogP contribution < -0.4 is 0 Å². The average Bonchev–Trinajstić information content (AvgIpc) is 2.39. The summed E-state index contributed by atoms with van der Waals surface area (Å²) < 4.78 is 4.80. The smallest absolute Gasteiger partial charge is 0.311 e. The Kier molecular flexibility index (Phi) is 6.27. The van der Waals surface area contributed by atoms with Gasteiger partial charge in [0.25, 0.3) is 0 Å². The zero-order valence-corrected chi connectivity index (χ0v) is 10.9. The van der Waals surface area contributed by atoms with Gasteiger partial charge in [0.05, 0.1) is 19.1 Å². The van der Waals surface area contributed by atoms with Gasteiger partial charge in [-0.25, -0.2) is 0 Å². The summed E-state index contributed by atoms with van der Waals surface area (Å²) in [6.45, 7) is 2.09. The van der Waals surface area contributed by atoms with E-state index in [2.05, 4.69) is 19.1 Å². The Labute approximate surface area is 104 Å². The lowest BCUT2D eigenvalue weighted by Gasteiger charge is -2.29. The number of hydrogen-bond donors (Lipinski definition) is 1. The van der Waals surface area contributed by atoms with Crippen LogP contribution in [0.5, 0.6) is 0 Å². The van der Waals surface area contributed by atoms with Crippen molar-refractivity contribution in [2.75, 3.05) is 7.11 Å². The maximum absolute atomic E-state index is 11.7. The fraction of sp³-hybridized carbons (Fsp3) is 0.786. The number of carbonyl (C=O) groups is 1. The lowest BCUT2D eigenvalue weighted by atomic mass is 9.81. The van der Waals surface area contributed by atoms with Crippen molar-refractivity contribution in [2.45, 2.75) is 51.6 Å². The van der Waals surface area contributed by atoms with E-state index in [0.29, 0.717) is 0 Å². The first-order chi connectivity index (χ1) is 8.20. The number of methoxy groups -OCH3 is 1. The Bertz CT molecular complexity index is 260. The molecule has 0 radical (unpaired) electrons. The van der Waals surface area contributed by atoms with Crippen LogP contribution in [0.3, 0.4) is 0 Å². The maximum Gasteiger partial charge on any atom is 0.311 e. The molecule has 0 aromatic heterocycles. The molecule has 98 valence electrons. The summed E-state index contributed by atoms with van der Waals surface area (Å²) in [5.74, 6) is -0.405. The predicted octanol–water partition coefficient (Wildman–Crippen LogP) is 2.68. The number of rotatable bonds is 6. The molecule has 0 fully saturated rings. The lowest BCUT2D eigenvalue weighted by Crippen LogP contribution is -2.35. The summed E-state index contributed by atoms with van der Waals surface area (Å²) in [7, 11) is 1.40. The van der Waals surface area contributed by atoms with Crippen molar-refractivity contribution in [3.05, 3.63) is 12.2 Å². The minimum absolute atomic E-state index is 0.209. The molecule has 1 rings (SSSR count). The quantitative estimate of drug-likeness (QED) is 0.573. The highest BCUT2D eigenvalue weighted by molar-refractivity contribution is 5.72. The first-order valence-electron chi connectivity index (χ1n) is 6.61. The number of allylic oxidation sites excluding steroid dienone is 2. The SMILES string of the molecule is CCCCC(C(=O)OC)C(O)C1CC=CCC1. The highest BCUT2D eigenvalue weighted by Gasteiger charge is 2.32. The first kappa shape index (κ1) is 14.2. The molecule has 3 unspecified atom stereocenters. The van der Waals surface area contributed by atoms with Crippen molar-refractivity contribution in [1.29, 1.82) is 0 Å². The van der Waals surface area contributed by atoms with Gasteiger partial charge < -0.3 is 9.84 Å². The topological polar surface area (TPSA) is 46.5 Å². The van der Waals surface area contributed by atoms with Crippen molar-refractivity contribution >= 4 is 5.97 Å². The molecule has 0 saturated carbocycles. The van der Waals surface area contributed by atoms with Gasteiger partial charge in [-0.2, -0.15) is 0 Å². The molecule has 0 aromatic rings. The van der Waals surface area contributed by atoms with E-state index in [1.54, 1.807) is 0 Å². The van der Waals surface area contributed by atoms with Crippen molar-refractivity contribution < 1.29 is 14.6 Å². The largest absolute Gasteiger partial charge is 0.469 e. The van der Waals surface area contributed by atoms with Crippen LogP contribution in [0.25, 0.3) is 0 Å². The molecule has 1 aliphatic rings. The minimum atomic E-state index is -0.557. The Balaban J connectivity index is 2.60. The fourth-order valence-electron chi connectivity index (χ4n) is 2.46. The average molecular weight is 240 g/mol. The molecule has 0 bridgehead atoms. The minimum Gasteiger partial charge on any atom is -0.469 e. The molecule has 3 atom stereocenters. The zero-order chi connectivity index (χ0) is 12.7. The van der Waals surface area contributed by atoms with Crippen LogP contribution in [0.4, 0.5) is 0 Å². The van der Waals surface area contributed by atoms with Crippen molar-refractivity contribution in [2.24, 2.45) is 11.8 Å². The van der Waals surface area contributed by atoms with E-state index in [1.165, 1.54) is 7.11 Å². The normalized spacial score (nSPS) is 23.1. The third-order valence-electron chi connectivity index (χ3n) is 3.58. The Morgan fingerprint density at radius 3 is 2.82 bits per heavy atom. The molecule has 1 N–H and O–H groups in total. The summed E-state index contributed by atoms with van der Waals surface area (Å²) in [6.07, 6.45) is 9.25. The molecular weight excluding hydrogens is 216 g/mol. The summed E-state index contributed by atoms with van der Waals surface area (Å²) in [4.78, 5) is 11.7. The number of carbonyl (C=O) groups excluding carboxylic acids is 1. The second kappa shape index (κ2) is 7.49. The van der Waals surface area contributed by atoms with Gasteiger partial charge in [-0.3, -0.25) is 4.79 Å². The standard InChI is InChI=1S/C14H24O3/c1-3-4-10-12(14(16)17-2)13(15)11-8-6-5-7-9-11/h5-6,11-13,15H,3-4,7-10H2,1-2H3. The van der Waals surface area contributed by atoms with Crippen LogP contribution in [-0.2, 0) is 9.53 Å². The van der Waals surface area contributed by atoms with Crippen LogP contribution in [0.1, 0.15) is 45.4 Å². The number of ether oxygens (including phenoxy) is 1. The third-order valence-corrected chi connectivity index (χ3v) is 3.58. The van der Waals surface area contributed by atoms with E-state index in [1.807, 2.05) is 0 Å². The van der Waals surface area contributed by atoms with Crippen LogP contribution in [0.2, 0.25) is 0 Å². The lowest BCUT2D eigenvalue weighted by molar-refractivity contribution is -0.151. The maximum atomic E-state index is 11.7. The van der Waals surface area contributed by atoms with Crippen LogP contribution >= 0.6 is 0 Å². The van der Waals surface area contributed by atoms with Gasteiger partial charge >= 0.3 is 5.97 Å². The van der Waals surface area contributed by atoms with Gasteiger partial charge in [0.15, 0.2) is 0 Å². The summed E-state index contributed by atoms with van der Waals surface area (Å²) in [5.41, 5.74) is 0. The van der Waals surface area contributed by atoms with Gasteiger partial charge in [-0.15, -0.1) is 0 Å². The summed E-state index contributed by atoms with van der Waals surface area (Å²) in [6, 6.07) is 0. The molecule has 3 heteroatoms. The summed E-state index contributed by atoms with van der Waals surface area (Å²) >= 11 is 0. The predicted molar refractivity (Wildman–Crippen MR) is 67.5 cm³/mol. The molecular formula is C14H24O3. The number of aliphatic hydroxyl groups is 1. The Hall–Kier alpha value is -0.830. The monoisotopic (exact) mass is 240 g/mol. The van der Waals surface area contributed by atoms with Crippen LogP contribution in [0.15, 0.2) is 12.2 Å². The van der Waals surface area contributed by atoms with Gasteiger partial charge in [0, 0.05) is 0 Å². The molecule has 0 saturated heterocycles. The van der Waals surface area contributed by atoms with E-state index < -0.39 is 6.10 Å². The van der Waals surface area contributed by atoms with Gasteiger partial charge in [0.2, 0.25) is 0 Å². The molecule has 1 aliphatic carbocycles. The van der Waals surface area contributed by atoms with E-state index in [9.17, 15) is 9.90 Å². The van der Waals surface area contributed by atoms with E-state index >= 15 is 0 Å². The molecule has 17 heavy (non-hydrogen) atoms. The van der Waals surface area contributed by atoms with Gasteiger partial charge in [-0.1, -0.05) is 31.9 Å². The Morgan fingerprint density at radius 2 is 2.29 bits per heavy atom. The second-order valence-corrected chi connectivity index (χ2v) is 4.81. The molecule has 0 aromatic carbocycles. The molecule has 0 aliphatic heterocycles. The number of unbranched alkanes of at least 4 members (excludes halogenated alkanes) is 1. The number of hydrogen-bond acceptors (Lipinski definition) is 3. The highest BCUT2D eigenvalue weighted by Crippen LogP contribution is 2.28. The van der Waals surface area contributed by atoms with Crippen molar-refractivity contribution in [3.8, 4) is 0 Å². The number of esters is 1. The van der Waals surface area contributed by atoms with Gasteiger partial charge in [0.1, 0.15) is 0 Å². The highest BCUT2D eigenvalue weighted by atomic mass is 16.5. The van der Waals surface area contributed by atoms with Crippen molar-refractivity contribution in [3.63, 3.8) is 0 Å². The molecule has 0 spiro atoms.